The molecule has 0 aromatic heterocycles. The Hall–Kier alpha value is -0.670. The van der Waals surface area contributed by atoms with Gasteiger partial charge in [-0.15, -0.1) is 0 Å². The van der Waals surface area contributed by atoms with Gasteiger partial charge in [0.25, 0.3) is 5.12 Å². The standard InChI is InChI=1S/C16H24O6S/c1-18-10-12-13(19-2)14(20-3)15(21-4)16(17,22-12)23-11-8-6-5-7-9-11/h5-9,12-15,17H,10H2,1-4H3/t12-,13+,14+,15-,16+/m1/s1. The molecule has 0 amide bonds. The van der Waals surface area contributed by atoms with Crippen LogP contribution in [0.3, 0.4) is 0 Å². The molecule has 1 heterocycles. The molecule has 7 heteroatoms. The van der Waals surface area contributed by atoms with Crippen LogP contribution in [0.2, 0.25) is 0 Å². The Balaban J connectivity index is 2.31. The minimum atomic E-state index is -1.62. The van der Waals surface area contributed by atoms with Crippen molar-refractivity contribution in [1.29, 1.82) is 0 Å². The first kappa shape index (κ1) is 18.7. The van der Waals surface area contributed by atoms with E-state index >= 15 is 0 Å². The van der Waals surface area contributed by atoms with Gasteiger partial charge in [0.05, 0.1) is 6.61 Å². The van der Waals surface area contributed by atoms with Crippen molar-refractivity contribution >= 4 is 11.8 Å². The van der Waals surface area contributed by atoms with Gasteiger partial charge in [0, 0.05) is 33.3 Å². The van der Waals surface area contributed by atoms with E-state index in [1.54, 1.807) is 21.3 Å². The molecule has 0 aliphatic carbocycles. The van der Waals surface area contributed by atoms with Crippen molar-refractivity contribution in [2.75, 3.05) is 35.0 Å². The van der Waals surface area contributed by atoms with Crippen molar-refractivity contribution < 1.29 is 28.8 Å². The summed E-state index contributed by atoms with van der Waals surface area (Å²) in [5, 5.41) is 9.50. The number of benzene rings is 1. The van der Waals surface area contributed by atoms with Crippen molar-refractivity contribution in [1.82, 2.24) is 0 Å². The monoisotopic (exact) mass is 344 g/mol. The highest BCUT2D eigenvalue weighted by molar-refractivity contribution is 8.00. The molecule has 2 rings (SSSR count). The SMILES string of the molecule is COC[C@H]1O[C@](O)(Sc2ccccc2)[C@H](OC)[C@@H](OC)[C@H]1OC. The van der Waals surface area contributed by atoms with Gasteiger partial charge >= 0.3 is 0 Å². The molecular formula is C16H24O6S. The Labute approximate surface area is 141 Å². The van der Waals surface area contributed by atoms with E-state index in [9.17, 15) is 5.11 Å². The molecule has 130 valence electrons. The zero-order valence-electron chi connectivity index (χ0n) is 13.8. The second kappa shape index (κ2) is 8.43. The molecule has 1 aromatic carbocycles. The van der Waals surface area contributed by atoms with Gasteiger partial charge in [0.2, 0.25) is 0 Å². The third-order valence-electron chi connectivity index (χ3n) is 3.80. The molecule has 0 spiro atoms. The quantitative estimate of drug-likeness (QED) is 0.752. The number of methoxy groups -OCH3 is 4. The molecule has 6 nitrogen and oxygen atoms in total. The smallest absolute Gasteiger partial charge is 0.250 e. The lowest BCUT2D eigenvalue weighted by Gasteiger charge is -2.48. The van der Waals surface area contributed by atoms with Crippen molar-refractivity contribution in [2.24, 2.45) is 0 Å². The lowest BCUT2D eigenvalue weighted by atomic mass is 9.98. The van der Waals surface area contributed by atoms with Crippen molar-refractivity contribution in [2.45, 2.75) is 34.4 Å². The zero-order valence-corrected chi connectivity index (χ0v) is 14.6. The summed E-state index contributed by atoms with van der Waals surface area (Å²) in [6, 6.07) is 9.50. The average molecular weight is 344 g/mol. The third-order valence-corrected chi connectivity index (χ3v) is 4.93. The summed E-state index contributed by atoms with van der Waals surface area (Å²) in [5.74, 6) is 0. The van der Waals surface area contributed by atoms with Gasteiger partial charge in [-0.05, 0) is 12.1 Å². The number of rotatable bonds is 7. The van der Waals surface area contributed by atoms with Crippen LogP contribution in [0.25, 0.3) is 0 Å². The molecule has 1 aromatic rings. The highest BCUT2D eigenvalue weighted by Gasteiger charge is 2.56. The highest BCUT2D eigenvalue weighted by Crippen LogP contribution is 2.43. The molecule has 0 unspecified atom stereocenters. The molecule has 0 bridgehead atoms. The minimum absolute atomic E-state index is 0.270. The molecule has 5 atom stereocenters. The lowest BCUT2D eigenvalue weighted by molar-refractivity contribution is -0.317. The van der Waals surface area contributed by atoms with E-state index in [0.29, 0.717) is 0 Å². The van der Waals surface area contributed by atoms with E-state index in [-0.39, 0.29) is 6.61 Å². The highest BCUT2D eigenvalue weighted by atomic mass is 32.2. The second-order valence-corrected chi connectivity index (χ2v) is 6.47. The van der Waals surface area contributed by atoms with Gasteiger partial charge in [0.15, 0.2) is 6.10 Å². The Kier molecular flexibility index (Phi) is 6.84. The van der Waals surface area contributed by atoms with Gasteiger partial charge in [-0.1, -0.05) is 30.0 Å². The summed E-state index contributed by atoms with van der Waals surface area (Å²) in [6.45, 7) is 0.270. The van der Waals surface area contributed by atoms with E-state index in [2.05, 4.69) is 0 Å². The Bertz CT molecular complexity index is 473. The van der Waals surface area contributed by atoms with Gasteiger partial charge < -0.3 is 28.8 Å². The third kappa shape index (κ3) is 4.06. The first-order valence-corrected chi connectivity index (χ1v) is 8.12. The number of aliphatic hydroxyl groups is 1. The summed E-state index contributed by atoms with van der Waals surface area (Å²) < 4.78 is 27.7. The van der Waals surface area contributed by atoms with Gasteiger partial charge in [-0.2, -0.15) is 0 Å². The van der Waals surface area contributed by atoms with Gasteiger partial charge in [0.1, 0.15) is 18.3 Å². The summed E-state index contributed by atoms with van der Waals surface area (Å²) in [6.07, 6.45) is -2.13. The predicted octanol–water partition coefficient (Wildman–Crippen LogP) is 1.51. The molecule has 23 heavy (non-hydrogen) atoms. The molecule has 1 fully saturated rings. The molecule has 1 aliphatic heterocycles. The molecule has 1 aliphatic rings. The second-order valence-electron chi connectivity index (χ2n) is 5.21. The van der Waals surface area contributed by atoms with Crippen molar-refractivity contribution in [3.63, 3.8) is 0 Å². The summed E-state index contributed by atoms with van der Waals surface area (Å²) in [4.78, 5) is 0.860. The molecular weight excluding hydrogens is 320 g/mol. The normalized spacial score (nSPS) is 34.5. The van der Waals surface area contributed by atoms with Gasteiger partial charge in [-0.3, -0.25) is 0 Å². The first-order valence-electron chi connectivity index (χ1n) is 7.31. The van der Waals surface area contributed by atoms with Crippen LogP contribution in [-0.2, 0) is 23.7 Å². The van der Waals surface area contributed by atoms with Crippen LogP contribution in [0.5, 0.6) is 0 Å². The minimum Gasteiger partial charge on any atom is -0.382 e. The van der Waals surface area contributed by atoms with Crippen LogP contribution < -0.4 is 0 Å². The molecule has 1 saturated heterocycles. The maximum absolute atomic E-state index is 11.1. The van der Waals surface area contributed by atoms with Crippen LogP contribution in [0, 0.1) is 0 Å². The number of thioether (sulfide) groups is 1. The van der Waals surface area contributed by atoms with Crippen LogP contribution in [0.15, 0.2) is 35.2 Å². The summed E-state index contributed by atoms with van der Waals surface area (Å²) >= 11 is 1.18. The predicted molar refractivity (Wildman–Crippen MR) is 86.4 cm³/mol. The number of ether oxygens (including phenoxy) is 5. The van der Waals surface area contributed by atoms with E-state index < -0.39 is 29.5 Å². The molecule has 0 radical (unpaired) electrons. The van der Waals surface area contributed by atoms with E-state index in [1.165, 1.54) is 18.9 Å². The van der Waals surface area contributed by atoms with Gasteiger partial charge in [-0.25, -0.2) is 0 Å². The van der Waals surface area contributed by atoms with E-state index in [0.717, 1.165) is 4.90 Å². The Morgan fingerprint density at radius 2 is 1.70 bits per heavy atom. The summed E-state index contributed by atoms with van der Waals surface area (Å²) in [5.41, 5.74) is 0. The van der Waals surface area contributed by atoms with Crippen molar-refractivity contribution in [3.8, 4) is 0 Å². The fourth-order valence-electron chi connectivity index (χ4n) is 2.80. The van der Waals surface area contributed by atoms with E-state index in [4.69, 9.17) is 23.7 Å². The van der Waals surface area contributed by atoms with Crippen LogP contribution in [0.1, 0.15) is 0 Å². The zero-order chi connectivity index (χ0) is 16.9. The van der Waals surface area contributed by atoms with Crippen molar-refractivity contribution in [3.05, 3.63) is 30.3 Å². The first-order chi connectivity index (χ1) is 11.1. The Morgan fingerprint density at radius 1 is 1.04 bits per heavy atom. The number of hydrogen-bond acceptors (Lipinski definition) is 7. The lowest BCUT2D eigenvalue weighted by Crippen LogP contribution is -2.65. The fraction of sp³-hybridized carbons (Fsp3) is 0.625. The van der Waals surface area contributed by atoms with Crippen LogP contribution >= 0.6 is 11.8 Å². The maximum Gasteiger partial charge on any atom is 0.250 e. The molecule has 1 N–H and O–H groups in total. The summed E-state index contributed by atoms with van der Waals surface area (Å²) in [7, 11) is 6.22. The Morgan fingerprint density at radius 3 is 2.22 bits per heavy atom. The van der Waals surface area contributed by atoms with Crippen LogP contribution in [0.4, 0.5) is 0 Å². The topological polar surface area (TPSA) is 66.4 Å². The number of hydrogen-bond donors (Lipinski definition) is 1. The molecule has 0 saturated carbocycles. The largest absolute Gasteiger partial charge is 0.382 e. The van der Waals surface area contributed by atoms with Crippen LogP contribution in [-0.4, -0.2) is 69.7 Å². The maximum atomic E-state index is 11.1. The average Bonchev–Trinajstić information content (AvgIpc) is 2.55. The van der Waals surface area contributed by atoms with E-state index in [1.807, 2.05) is 30.3 Å². The fourth-order valence-corrected chi connectivity index (χ4v) is 3.95.